The van der Waals surface area contributed by atoms with Crippen molar-refractivity contribution in [2.24, 2.45) is 11.8 Å². The van der Waals surface area contributed by atoms with Crippen molar-refractivity contribution in [1.82, 2.24) is 4.31 Å². The van der Waals surface area contributed by atoms with Gasteiger partial charge >= 0.3 is 5.97 Å². The summed E-state index contributed by atoms with van der Waals surface area (Å²) in [5.41, 5.74) is 1.48. The summed E-state index contributed by atoms with van der Waals surface area (Å²) in [7, 11) is -0.672. The minimum atomic E-state index is -3.58. The van der Waals surface area contributed by atoms with Crippen LogP contribution in [0.1, 0.15) is 12.0 Å². The monoisotopic (exact) mass is 338 g/mol. The lowest BCUT2D eigenvalue weighted by atomic mass is 10.2. The molecule has 0 spiro atoms. The molecule has 0 bridgehead atoms. The van der Waals surface area contributed by atoms with Crippen molar-refractivity contribution < 1.29 is 23.1 Å². The maximum absolute atomic E-state index is 12.5. The standard InChI is InChI=1S/C15H18N2O5S/c1-16(2)23(21,22)10-4-3-9-5-6-17(13(9)7-10)14(18)11-8-12(11)15(19)20/h3-4,7,11-12H,5-6,8H2,1-2H3,(H,19,20). The van der Waals surface area contributed by atoms with E-state index in [-0.39, 0.29) is 10.8 Å². The number of carboxylic acids is 1. The summed E-state index contributed by atoms with van der Waals surface area (Å²) >= 11 is 0. The summed E-state index contributed by atoms with van der Waals surface area (Å²) in [4.78, 5) is 25.1. The van der Waals surface area contributed by atoms with E-state index >= 15 is 0 Å². The zero-order valence-electron chi connectivity index (χ0n) is 12.9. The molecular formula is C15H18N2O5S. The number of hydrogen-bond acceptors (Lipinski definition) is 4. The first-order chi connectivity index (χ1) is 10.7. The third-order valence-corrected chi connectivity index (χ3v) is 6.23. The minimum Gasteiger partial charge on any atom is -0.481 e. The van der Waals surface area contributed by atoms with E-state index in [0.717, 1.165) is 9.87 Å². The Balaban J connectivity index is 1.91. The Morgan fingerprint density at radius 1 is 1.26 bits per heavy atom. The molecule has 3 rings (SSSR count). The second kappa shape index (κ2) is 5.31. The molecule has 1 N–H and O–H groups in total. The molecule has 23 heavy (non-hydrogen) atoms. The molecule has 2 unspecified atom stereocenters. The normalized spacial score (nSPS) is 23.0. The van der Waals surface area contributed by atoms with Crippen LogP contribution in [0.15, 0.2) is 23.1 Å². The average molecular weight is 338 g/mol. The number of aliphatic carboxylic acids is 1. The lowest BCUT2D eigenvalue weighted by Gasteiger charge is -2.19. The van der Waals surface area contributed by atoms with Crippen LogP contribution in [0.25, 0.3) is 0 Å². The third kappa shape index (κ3) is 2.61. The Bertz CT molecular complexity index is 787. The molecule has 8 heteroatoms. The van der Waals surface area contributed by atoms with E-state index in [2.05, 4.69) is 0 Å². The number of fused-ring (bicyclic) bond motifs is 1. The molecule has 7 nitrogen and oxygen atoms in total. The molecule has 124 valence electrons. The Morgan fingerprint density at radius 2 is 1.96 bits per heavy atom. The Kier molecular flexibility index (Phi) is 3.68. The number of hydrogen-bond donors (Lipinski definition) is 1. The predicted octanol–water partition coefficient (Wildman–Crippen LogP) is 0.547. The summed E-state index contributed by atoms with van der Waals surface area (Å²) in [5, 5.41) is 8.97. The number of carbonyl (C=O) groups excluding carboxylic acids is 1. The summed E-state index contributed by atoms with van der Waals surface area (Å²) in [5.74, 6) is -2.28. The molecule has 1 fully saturated rings. The quantitative estimate of drug-likeness (QED) is 0.865. The van der Waals surface area contributed by atoms with Gasteiger partial charge in [0, 0.05) is 26.3 Å². The summed E-state index contributed by atoms with van der Waals surface area (Å²) in [6.45, 7) is 0.461. The van der Waals surface area contributed by atoms with Gasteiger partial charge in [-0.05, 0) is 30.5 Å². The van der Waals surface area contributed by atoms with Gasteiger partial charge in [-0.3, -0.25) is 9.59 Å². The van der Waals surface area contributed by atoms with Crippen molar-refractivity contribution in [2.75, 3.05) is 25.5 Å². The van der Waals surface area contributed by atoms with Crippen LogP contribution in [0.5, 0.6) is 0 Å². The molecule has 1 aliphatic heterocycles. The fourth-order valence-electron chi connectivity index (χ4n) is 2.90. The minimum absolute atomic E-state index is 0.131. The van der Waals surface area contributed by atoms with Crippen LogP contribution in [-0.2, 0) is 26.0 Å². The smallest absolute Gasteiger partial charge is 0.307 e. The van der Waals surface area contributed by atoms with Gasteiger partial charge in [-0.25, -0.2) is 12.7 Å². The van der Waals surface area contributed by atoms with Crippen molar-refractivity contribution in [1.29, 1.82) is 0 Å². The van der Waals surface area contributed by atoms with E-state index < -0.39 is 27.8 Å². The highest BCUT2D eigenvalue weighted by Crippen LogP contribution is 2.42. The Hall–Kier alpha value is -1.93. The fraction of sp³-hybridized carbons (Fsp3) is 0.467. The van der Waals surface area contributed by atoms with Crippen molar-refractivity contribution in [3.8, 4) is 0 Å². The molecule has 1 aromatic carbocycles. The highest BCUT2D eigenvalue weighted by atomic mass is 32.2. The van der Waals surface area contributed by atoms with Crippen LogP contribution in [-0.4, -0.2) is 50.3 Å². The number of benzene rings is 1. The topological polar surface area (TPSA) is 95.0 Å². The van der Waals surface area contributed by atoms with Crippen LogP contribution in [0.3, 0.4) is 0 Å². The lowest BCUT2D eigenvalue weighted by Crippen LogP contribution is -2.31. The Morgan fingerprint density at radius 3 is 2.52 bits per heavy atom. The second-order valence-electron chi connectivity index (χ2n) is 6.10. The molecule has 1 heterocycles. The van der Waals surface area contributed by atoms with Gasteiger partial charge in [-0.2, -0.15) is 0 Å². The number of rotatable bonds is 4. The maximum atomic E-state index is 12.5. The Labute approximate surface area is 134 Å². The molecule has 0 radical (unpaired) electrons. The van der Waals surface area contributed by atoms with Crippen LogP contribution in [0.4, 0.5) is 5.69 Å². The first kappa shape index (κ1) is 15.9. The van der Waals surface area contributed by atoms with Crippen LogP contribution >= 0.6 is 0 Å². The molecule has 2 aliphatic rings. The molecule has 0 saturated heterocycles. The fourth-order valence-corrected chi connectivity index (χ4v) is 3.82. The molecule has 1 aromatic rings. The van der Waals surface area contributed by atoms with Gasteiger partial charge in [0.1, 0.15) is 0 Å². The largest absolute Gasteiger partial charge is 0.481 e. The molecule has 2 atom stereocenters. The van der Waals surface area contributed by atoms with Crippen molar-refractivity contribution in [3.05, 3.63) is 23.8 Å². The van der Waals surface area contributed by atoms with Gasteiger partial charge in [0.2, 0.25) is 15.9 Å². The number of carbonyl (C=O) groups is 2. The average Bonchev–Trinajstić information content (AvgIpc) is 3.19. The van der Waals surface area contributed by atoms with Gasteiger partial charge in [0.15, 0.2) is 0 Å². The summed E-state index contributed by atoms with van der Waals surface area (Å²) < 4.78 is 25.6. The van der Waals surface area contributed by atoms with E-state index in [1.165, 1.54) is 25.1 Å². The van der Waals surface area contributed by atoms with Gasteiger partial charge in [-0.1, -0.05) is 6.07 Å². The molecule has 1 aliphatic carbocycles. The summed E-state index contributed by atoms with van der Waals surface area (Å²) in [6.07, 6.45) is 1.00. The predicted molar refractivity (Wildman–Crippen MR) is 82.6 cm³/mol. The van der Waals surface area contributed by atoms with E-state index in [0.29, 0.717) is 25.1 Å². The summed E-state index contributed by atoms with van der Waals surface area (Å²) in [6, 6.07) is 4.77. The van der Waals surface area contributed by atoms with Crippen molar-refractivity contribution >= 4 is 27.6 Å². The first-order valence-corrected chi connectivity index (χ1v) is 8.77. The van der Waals surface area contributed by atoms with Gasteiger partial charge in [0.25, 0.3) is 0 Å². The highest BCUT2D eigenvalue weighted by molar-refractivity contribution is 7.89. The van der Waals surface area contributed by atoms with Crippen LogP contribution in [0, 0.1) is 11.8 Å². The molecule has 1 amide bonds. The lowest BCUT2D eigenvalue weighted by molar-refractivity contribution is -0.140. The molecule has 0 aromatic heterocycles. The maximum Gasteiger partial charge on any atom is 0.307 e. The SMILES string of the molecule is CN(C)S(=O)(=O)c1ccc2c(c1)N(C(=O)C1CC1C(=O)O)CC2. The van der Waals surface area contributed by atoms with E-state index in [4.69, 9.17) is 5.11 Å². The van der Waals surface area contributed by atoms with Gasteiger partial charge in [-0.15, -0.1) is 0 Å². The van der Waals surface area contributed by atoms with Crippen LogP contribution < -0.4 is 4.90 Å². The number of sulfonamides is 1. The van der Waals surface area contributed by atoms with E-state index in [9.17, 15) is 18.0 Å². The molecule has 1 saturated carbocycles. The van der Waals surface area contributed by atoms with Gasteiger partial charge in [0.05, 0.1) is 16.7 Å². The van der Waals surface area contributed by atoms with E-state index in [1.807, 2.05) is 0 Å². The van der Waals surface area contributed by atoms with Crippen LogP contribution in [0.2, 0.25) is 0 Å². The number of carboxylic acid groups (broad SMARTS) is 1. The van der Waals surface area contributed by atoms with Crippen molar-refractivity contribution in [3.63, 3.8) is 0 Å². The second-order valence-corrected chi connectivity index (χ2v) is 8.26. The third-order valence-electron chi connectivity index (χ3n) is 4.42. The zero-order valence-corrected chi connectivity index (χ0v) is 13.7. The highest BCUT2D eigenvalue weighted by Gasteiger charge is 2.50. The number of amides is 1. The van der Waals surface area contributed by atoms with Crippen molar-refractivity contribution in [2.45, 2.75) is 17.7 Å². The number of nitrogens with zero attached hydrogens (tertiary/aromatic N) is 2. The van der Waals surface area contributed by atoms with Gasteiger partial charge < -0.3 is 10.0 Å². The number of anilines is 1. The molecular weight excluding hydrogens is 320 g/mol. The zero-order chi connectivity index (χ0) is 16.9. The first-order valence-electron chi connectivity index (χ1n) is 7.33. The van der Waals surface area contributed by atoms with E-state index in [1.54, 1.807) is 12.1 Å².